The summed E-state index contributed by atoms with van der Waals surface area (Å²) in [4.78, 5) is 30.2. The summed E-state index contributed by atoms with van der Waals surface area (Å²) in [7, 11) is 2.00. The monoisotopic (exact) mass is 583 g/mol. The van der Waals surface area contributed by atoms with Crippen LogP contribution in [0, 0.1) is 5.92 Å². The zero-order valence-electron chi connectivity index (χ0n) is 22.9. The van der Waals surface area contributed by atoms with Gasteiger partial charge in [-0.3, -0.25) is 14.5 Å². The summed E-state index contributed by atoms with van der Waals surface area (Å²) in [6.07, 6.45) is -0.0209. The second-order valence-electron chi connectivity index (χ2n) is 10.5. The summed E-state index contributed by atoms with van der Waals surface area (Å²) in [5, 5.41) is 13.8. The van der Waals surface area contributed by atoms with Gasteiger partial charge in [0.2, 0.25) is 5.91 Å². The van der Waals surface area contributed by atoms with Gasteiger partial charge in [0.05, 0.1) is 34.7 Å². The number of fused-ring (bicyclic) bond motifs is 1. The molecule has 0 saturated heterocycles. The van der Waals surface area contributed by atoms with Gasteiger partial charge in [-0.15, -0.1) is 0 Å². The fraction of sp³-hybridized carbons (Fsp3) is 0.355. The summed E-state index contributed by atoms with van der Waals surface area (Å²) in [5.41, 5.74) is 2.78. The Morgan fingerprint density at radius 2 is 1.85 bits per heavy atom. The first-order valence-corrected chi connectivity index (χ1v) is 14.1. The van der Waals surface area contributed by atoms with Crippen LogP contribution in [0.4, 0.5) is 5.69 Å². The van der Waals surface area contributed by atoms with Gasteiger partial charge in [0, 0.05) is 31.2 Å². The minimum atomic E-state index is -0.383. The highest BCUT2D eigenvalue weighted by Crippen LogP contribution is 2.31. The largest absolute Gasteiger partial charge is 0.488 e. The lowest BCUT2D eigenvalue weighted by atomic mass is 9.99. The molecule has 0 saturated carbocycles. The zero-order chi connectivity index (χ0) is 28.8. The van der Waals surface area contributed by atoms with Crippen LogP contribution in [0.25, 0.3) is 0 Å². The second kappa shape index (κ2) is 13.5. The summed E-state index contributed by atoms with van der Waals surface area (Å²) in [5.74, 6) is -0.000155. The topological polar surface area (TPSA) is 82.1 Å². The Hall–Kier alpha value is -3.10. The Kier molecular flexibility index (Phi) is 10.1. The Labute approximate surface area is 245 Å². The summed E-state index contributed by atoms with van der Waals surface area (Å²) in [6, 6.07) is 19.8. The van der Waals surface area contributed by atoms with E-state index in [4.69, 9.17) is 27.9 Å². The van der Waals surface area contributed by atoms with Gasteiger partial charge in [-0.1, -0.05) is 66.5 Å². The van der Waals surface area contributed by atoms with Gasteiger partial charge in [0.1, 0.15) is 11.9 Å². The number of hydrogen-bond acceptors (Lipinski definition) is 5. The number of amides is 2. The number of anilines is 1. The van der Waals surface area contributed by atoms with E-state index in [-0.39, 0.29) is 42.9 Å². The van der Waals surface area contributed by atoms with E-state index in [0.717, 1.165) is 11.1 Å². The molecule has 2 N–H and O–H groups in total. The summed E-state index contributed by atoms with van der Waals surface area (Å²) >= 11 is 12.3. The van der Waals surface area contributed by atoms with Gasteiger partial charge >= 0.3 is 0 Å². The Balaban J connectivity index is 1.56. The molecular formula is C31H35Cl2N3O4. The lowest BCUT2D eigenvalue weighted by Crippen LogP contribution is -2.49. The lowest BCUT2D eigenvalue weighted by Gasteiger charge is -2.38. The number of nitrogens with zero attached hydrogens (tertiary/aromatic N) is 2. The Morgan fingerprint density at radius 3 is 2.55 bits per heavy atom. The van der Waals surface area contributed by atoms with Gasteiger partial charge in [-0.05, 0) is 55.4 Å². The van der Waals surface area contributed by atoms with E-state index in [9.17, 15) is 14.7 Å². The summed E-state index contributed by atoms with van der Waals surface area (Å²) < 4.78 is 6.48. The molecule has 0 unspecified atom stereocenters. The number of carbonyl (C=O) groups is 2. The zero-order valence-corrected chi connectivity index (χ0v) is 24.5. The number of aliphatic hydroxyl groups excluding tert-OH is 1. The molecule has 1 heterocycles. The van der Waals surface area contributed by atoms with E-state index < -0.39 is 0 Å². The number of nitrogens with one attached hydrogen (secondary N) is 1. The van der Waals surface area contributed by atoms with Crippen LogP contribution in [0.15, 0.2) is 66.7 Å². The predicted molar refractivity (Wildman–Crippen MR) is 159 cm³/mol. The van der Waals surface area contributed by atoms with Gasteiger partial charge in [0.15, 0.2) is 0 Å². The van der Waals surface area contributed by atoms with Gasteiger partial charge in [-0.25, -0.2) is 0 Å². The van der Waals surface area contributed by atoms with Gasteiger partial charge < -0.3 is 20.1 Å². The predicted octanol–water partition coefficient (Wildman–Crippen LogP) is 5.53. The van der Waals surface area contributed by atoms with Crippen molar-refractivity contribution in [3.63, 3.8) is 0 Å². The Morgan fingerprint density at radius 1 is 1.10 bits per heavy atom. The fourth-order valence-corrected chi connectivity index (χ4v) is 5.15. The number of rotatable bonds is 9. The molecule has 40 heavy (non-hydrogen) atoms. The molecule has 3 atom stereocenters. The van der Waals surface area contributed by atoms with E-state index in [0.29, 0.717) is 46.7 Å². The number of likely N-dealkylation sites (N-methyl/N-ethyl adjacent to an activating group) is 1. The van der Waals surface area contributed by atoms with Crippen LogP contribution in [-0.2, 0) is 17.8 Å². The summed E-state index contributed by atoms with van der Waals surface area (Å²) in [6.45, 7) is 5.35. The molecule has 2 amide bonds. The maximum atomic E-state index is 13.7. The molecular weight excluding hydrogens is 549 g/mol. The van der Waals surface area contributed by atoms with Crippen molar-refractivity contribution < 1.29 is 19.4 Å². The molecule has 1 aliphatic heterocycles. The molecule has 9 heteroatoms. The van der Waals surface area contributed by atoms with Crippen LogP contribution >= 0.6 is 23.2 Å². The molecule has 1 aliphatic rings. The number of carbonyl (C=O) groups excluding carboxylic acids is 2. The molecule has 0 spiro atoms. The highest BCUT2D eigenvalue weighted by molar-refractivity contribution is 6.42. The third kappa shape index (κ3) is 7.55. The SMILES string of the molecule is C[C@@H]1CN([C@H](C)CO)C(=O)c2cc(NC(=O)Cc3ccccc3)ccc2O[C@H]1CN(C)Cc1ccc(Cl)c(Cl)c1. The number of ether oxygens (including phenoxy) is 1. The normalized spacial score (nSPS) is 18.0. The van der Waals surface area contributed by atoms with Crippen molar-refractivity contribution in [2.24, 2.45) is 5.92 Å². The van der Waals surface area contributed by atoms with Crippen LogP contribution in [0.2, 0.25) is 10.0 Å². The second-order valence-corrected chi connectivity index (χ2v) is 11.3. The number of aliphatic hydroxyl groups is 1. The molecule has 0 fully saturated rings. The average molecular weight is 585 g/mol. The maximum Gasteiger partial charge on any atom is 0.258 e. The maximum absolute atomic E-state index is 13.7. The average Bonchev–Trinajstić information content (AvgIpc) is 2.93. The molecule has 7 nitrogen and oxygen atoms in total. The highest BCUT2D eigenvalue weighted by Gasteiger charge is 2.33. The minimum absolute atomic E-state index is 0.0207. The van der Waals surface area contributed by atoms with Gasteiger partial charge in [0.25, 0.3) is 5.91 Å². The lowest BCUT2D eigenvalue weighted by molar-refractivity contribution is -0.115. The number of halogens is 2. The molecule has 0 bridgehead atoms. The van der Waals surface area contributed by atoms with Crippen molar-refractivity contribution in [2.75, 3.05) is 32.1 Å². The van der Waals surface area contributed by atoms with Crippen molar-refractivity contribution in [1.29, 1.82) is 0 Å². The molecule has 212 valence electrons. The molecule has 4 rings (SSSR count). The van der Waals surface area contributed by atoms with E-state index in [1.165, 1.54) is 0 Å². The standard InChI is InChI=1S/C31H35Cl2N3O4/c1-20-16-36(21(2)19-37)31(39)25-15-24(34-30(38)14-22-7-5-4-6-8-22)10-12-28(25)40-29(20)18-35(3)17-23-9-11-26(32)27(33)13-23/h4-13,15,20-21,29,37H,14,16-19H2,1-3H3,(H,34,38)/t20-,21-,29+/m1/s1. The van der Waals surface area contributed by atoms with E-state index in [1.807, 2.05) is 63.4 Å². The minimum Gasteiger partial charge on any atom is -0.488 e. The van der Waals surface area contributed by atoms with Crippen molar-refractivity contribution in [3.8, 4) is 5.75 Å². The third-order valence-corrected chi connectivity index (χ3v) is 7.82. The quantitative estimate of drug-likeness (QED) is 0.346. The molecule has 0 aromatic heterocycles. The first-order valence-electron chi connectivity index (χ1n) is 13.3. The van der Waals surface area contributed by atoms with Crippen LogP contribution in [0.1, 0.15) is 35.3 Å². The number of benzene rings is 3. The number of hydrogen-bond donors (Lipinski definition) is 2. The van der Waals surface area contributed by atoms with Crippen molar-refractivity contribution in [1.82, 2.24) is 9.80 Å². The van der Waals surface area contributed by atoms with Crippen molar-refractivity contribution in [2.45, 2.75) is 39.0 Å². The van der Waals surface area contributed by atoms with Crippen LogP contribution in [-0.4, -0.2) is 65.6 Å². The molecule has 3 aromatic rings. The van der Waals surface area contributed by atoms with E-state index in [1.54, 1.807) is 29.2 Å². The van der Waals surface area contributed by atoms with Gasteiger partial charge in [-0.2, -0.15) is 0 Å². The van der Waals surface area contributed by atoms with E-state index >= 15 is 0 Å². The van der Waals surface area contributed by atoms with E-state index in [2.05, 4.69) is 10.2 Å². The molecule has 3 aromatic carbocycles. The smallest absolute Gasteiger partial charge is 0.258 e. The first-order chi connectivity index (χ1) is 19.1. The Bertz CT molecular complexity index is 1340. The van der Waals surface area contributed by atoms with Crippen molar-refractivity contribution >= 4 is 40.7 Å². The molecule has 0 aliphatic carbocycles. The van der Waals surface area contributed by atoms with Crippen molar-refractivity contribution in [3.05, 3.63) is 93.5 Å². The van der Waals surface area contributed by atoms with Crippen LogP contribution in [0.5, 0.6) is 5.75 Å². The fourth-order valence-electron chi connectivity index (χ4n) is 4.83. The van der Waals surface area contributed by atoms with Crippen LogP contribution in [0.3, 0.4) is 0 Å². The first kappa shape index (κ1) is 29.9. The van der Waals surface area contributed by atoms with Crippen LogP contribution < -0.4 is 10.1 Å². The third-order valence-electron chi connectivity index (χ3n) is 7.08. The molecule has 0 radical (unpaired) electrons. The highest BCUT2D eigenvalue weighted by atomic mass is 35.5.